The highest BCUT2D eigenvalue weighted by Crippen LogP contribution is 2.27. The summed E-state index contributed by atoms with van der Waals surface area (Å²) < 4.78 is 7.73. The molecule has 6 heteroatoms. The predicted molar refractivity (Wildman–Crippen MR) is 93.4 cm³/mol. The fraction of sp³-hybridized carbons (Fsp3) is 0.444. The minimum absolute atomic E-state index is 0.0298. The lowest BCUT2D eigenvalue weighted by atomic mass is 9.96. The zero-order chi connectivity index (χ0) is 16.9. The van der Waals surface area contributed by atoms with E-state index in [9.17, 15) is 4.79 Å². The molecule has 1 amide bonds. The lowest BCUT2D eigenvalue weighted by Crippen LogP contribution is -2.40. The summed E-state index contributed by atoms with van der Waals surface area (Å²) in [5, 5.41) is 0.654. The van der Waals surface area contributed by atoms with E-state index in [4.69, 9.17) is 16.3 Å². The molecule has 5 nitrogen and oxygen atoms in total. The summed E-state index contributed by atoms with van der Waals surface area (Å²) >= 11 is 5.84. The molecule has 0 bridgehead atoms. The molecule has 0 aliphatic carbocycles. The number of carbonyl (C=O) groups is 1. The van der Waals surface area contributed by atoms with Gasteiger partial charge in [0, 0.05) is 43.0 Å². The van der Waals surface area contributed by atoms with E-state index in [-0.39, 0.29) is 12.5 Å². The van der Waals surface area contributed by atoms with Gasteiger partial charge >= 0.3 is 0 Å². The van der Waals surface area contributed by atoms with Crippen molar-refractivity contribution in [2.45, 2.75) is 32.2 Å². The zero-order valence-corrected chi connectivity index (χ0v) is 14.6. The Morgan fingerprint density at radius 3 is 2.67 bits per heavy atom. The number of amides is 1. The van der Waals surface area contributed by atoms with Gasteiger partial charge in [-0.15, -0.1) is 0 Å². The first-order valence-electron chi connectivity index (χ1n) is 8.34. The Hall–Kier alpha value is -2.01. The molecule has 0 saturated carbocycles. The smallest absolute Gasteiger partial charge is 0.260 e. The Kier molecular flexibility index (Phi) is 5.41. The van der Waals surface area contributed by atoms with Crippen LogP contribution in [0.4, 0.5) is 0 Å². The highest BCUT2D eigenvalue weighted by molar-refractivity contribution is 6.30. The number of imidazole rings is 1. The summed E-state index contributed by atoms with van der Waals surface area (Å²) in [6, 6.07) is 7.05. The average Bonchev–Trinajstić information content (AvgIpc) is 3.10. The predicted octanol–water partition coefficient (Wildman–Crippen LogP) is 3.34. The third-order valence-electron chi connectivity index (χ3n) is 4.48. The number of halogens is 1. The van der Waals surface area contributed by atoms with E-state index in [2.05, 4.69) is 16.5 Å². The maximum Gasteiger partial charge on any atom is 0.260 e. The molecule has 1 aliphatic heterocycles. The molecular formula is C18H22ClN3O2. The van der Waals surface area contributed by atoms with Crippen LogP contribution in [0.25, 0.3) is 0 Å². The van der Waals surface area contributed by atoms with Crippen LogP contribution < -0.4 is 4.74 Å². The molecule has 0 N–H and O–H groups in total. The van der Waals surface area contributed by atoms with Gasteiger partial charge in [0.15, 0.2) is 6.61 Å². The van der Waals surface area contributed by atoms with Crippen molar-refractivity contribution in [1.29, 1.82) is 0 Å². The van der Waals surface area contributed by atoms with Crippen LogP contribution in [-0.4, -0.2) is 40.1 Å². The fourth-order valence-corrected chi connectivity index (χ4v) is 3.23. The number of hydrogen-bond donors (Lipinski definition) is 0. The van der Waals surface area contributed by atoms with Gasteiger partial charge in [-0.2, -0.15) is 0 Å². The normalized spacial score (nSPS) is 15.5. The van der Waals surface area contributed by atoms with Crippen molar-refractivity contribution >= 4 is 17.5 Å². The van der Waals surface area contributed by atoms with Crippen molar-refractivity contribution in [3.05, 3.63) is 47.5 Å². The van der Waals surface area contributed by atoms with E-state index in [1.165, 1.54) is 0 Å². The molecule has 2 aromatic rings. The molecule has 1 fully saturated rings. The summed E-state index contributed by atoms with van der Waals surface area (Å²) in [4.78, 5) is 18.7. The van der Waals surface area contributed by atoms with Crippen molar-refractivity contribution in [3.8, 4) is 5.75 Å². The van der Waals surface area contributed by atoms with Crippen LogP contribution in [0.1, 0.15) is 31.5 Å². The van der Waals surface area contributed by atoms with Gasteiger partial charge in [0.05, 0.1) is 0 Å². The van der Waals surface area contributed by atoms with Gasteiger partial charge in [-0.1, -0.05) is 11.6 Å². The summed E-state index contributed by atoms with van der Waals surface area (Å²) in [5.74, 6) is 2.26. The molecule has 0 spiro atoms. The van der Waals surface area contributed by atoms with Gasteiger partial charge in [-0.25, -0.2) is 4.98 Å². The number of piperidine rings is 1. The number of hydrogen-bond acceptors (Lipinski definition) is 3. The van der Waals surface area contributed by atoms with Gasteiger partial charge < -0.3 is 14.2 Å². The number of carbonyl (C=O) groups excluding carboxylic acids is 1. The third-order valence-corrected chi connectivity index (χ3v) is 4.73. The quantitative estimate of drug-likeness (QED) is 0.833. The molecule has 0 radical (unpaired) electrons. The summed E-state index contributed by atoms with van der Waals surface area (Å²) in [6.45, 7) is 4.63. The van der Waals surface area contributed by atoms with Crippen LogP contribution in [0, 0.1) is 0 Å². The maximum absolute atomic E-state index is 12.3. The minimum atomic E-state index is 0.0298. The lowest BCUT2D eigenvalue weighted by Gasteiger charge is -2.31. The van der Waals surface area contributed by atoms with Crippen molar-refractivity contribution in [2.75, 3.05) is 19.7 Å². The van der Waals surface area contributed by atoms with Crippen molar-refractivity contribution in [3.63, 3.8) is 0 Å². The van der Waals surface area contributed by atoms with E-state index in [1.807, 2.05) is 17.3 Å². The van der Waals surface area contributed by atoms with E-state index in [0.717, 1.165) is 38.3 Å². The van der Waals surface area contributed by atoms with Gasteiger partial charge in [0.1, 0.15) is 11.6 Å². The first kappa shape index (κ1) is 16.8. The monoisotopic (exact) mass is 347 g/mol. The van der Waals surface area contributed by atoms with E-state index < -0.39 is 0 Å². The topological polar surface area (TPSA) is 47.4 Å². The fourth-order valence-electron chi connectivity index (χ4n) is 3.10. The van der Waals surface area contributed by atoms with Crippen LogP contribution >= 0.6 is 11.6 Å². The number of aromatic nitrogens is 2. The Morgan fingerprint density at radius 2 is 2.00 bits per heavy atom. The molecule has 1 saturated heterocycles. The minimum Gasteiger partial charge on any atom is -0.484 e. The van der Waals surface area contributed by atoms with Crippen LogP contribution in [0.15, 0.2) is 36.7 Å². The average molecular weight is 348 g/mol. The number of aryl methyl sites for hydroxylation is 1. The van der Waals surface area contributed by atoms with E-state index in [0.29, 0.717) is 16.7 Å². The SMILES string of the molecule is CCn1ccnc1C1CCN(C(=O)COc2ccc(Cl)cc2)CC1. The van der Waals surface area contributed by atoms with Gasteiger partial charge in [0.25, 0.3) is 5.91 Å². The van der Waals surface area contributed by atoms with Crippen molar-refractivity contribution in [1.82, 2.24) is 14.5 Å². The van der Waals surface area contributed by atoms with Crippen LogP contribution in [0.3, 0.4) is 0 Å². The van der Waals surface area contributed by atoms with Gasteiger partial charge in [-0.05, 0) is 44.0 Å². The molecule has 0 unspecified atom stereocenters. The Bertz CT molecular complexity index is 676. The molecule has 0 atom stereocenters. The van der Waals surface area contributed by atoms with Gasteiger partial charge in [-0.3, -0.25) is 4.79 Å². The van der Waals surface area contributed by atoms with Crippen LogP contribution in [0.5, 0.6) is 5.75 Å². The second-order valence-electron chi connectivity index (χ2n) is 5.97. The summed E-state index contributed by atoms with van der Waals surface area (Å²) in [7, 11) is 0. The van der Waals surface area contributed by atoms with Crippen molar-refractivity contribution < 1.29 is 9.53 Å². The van der Waals surface area contributed by atoms with Crippen LogP contribution in [0.2, 0.25) is 5.02 Å². The summed E-state index contributed by atoms with van der Waals surface area (Å²) in [6.07, 6.45) is 5.77. The second-order valence-corrected chi connectivity index (χ2v) is 6.41. The van der Waals surface area contributed by atoms with E-state index in [1.54, 1.807) is 24.3 Å². The van der Waals surface area contributed by atoms with Crippen molar-refractivity contribution in [2.24, 2.45) is 0 Å². The highest BCUT2D eigenvalue weighted by Gasteiger charge is 2.26. The van der Waals surface area contributed by atoms with Crippen LogP contribution in [-0.2, 0) is 11.3 Å². The molecule has 2 heterocycles. The first-order chi connectivity index (χ1) is 11.7. The Labute approximate surface area is 147 Å². The molecular weight excluding hydrogens is 326 g/mol. The zero-order valence-electron chi connectivity index (χ0n) is 13.8. The first-order valence-corrected chi connectivity index (χ1v) is 8.72. The van der Waals surface area contributed by atoms with E-state index >= 15 is 0 Å². The molecule has 3 rings (SSSR count). The van der Waals surface area contributed by atoms with Gasteiger partial charge in [0.2, 0.25) is 0 Å². The summed E-state index contributed by atoms with van der Waals surface area (Å²) in [5.41, 5.74) is 0. The second kappa shape index (κ2) is 7.71. The number of rotatable bonds is 5. The number of ether oxygens (including phenoxy) is 1. The highest BCUT2D eigenvalue weighted by atomic mass is 35.5. The number of nitrogens with zero attached hydrogens (tertiary/aromatic N) is 3. The molecule has 128 valence electrons. The molecule has 1 aromatic carbocycles. The largest absolute Gasteiger partial charge is 0.484 e. The standard InChI is InChI=1S/C18H22ClN3O2/c1-2-21-12-9-20-18(21)14-7-10-22(11-8-14)17(23)13-24-16-5-3-15(19)4-6-16/h3-6,9,12,14H,2,7-8,10-11,13H2,1H3. The Morgan fingerprint density at radius 1 is 1.29 bits per heavy atom. The molecule has 1 aliphatic rings. The maximum atomic E-state index is 12.3. The number of benzene rings is 1. The Balaban J connectivity index is 1.49. The molecule has 1 aromatic heterocycles. The number of likely N-dealkylation sites (tertiary alicyclic amines) is 1. The lowest BCUT2D eigenvalue weighted by molar-refractivity contribution is -0.134. The third kappa shape index (κ3) is 3.90. The molecule has 24 heavy (non-hydrogen) atoms.